The lowest BCUT2D eigenvalue weighted by Gasteiger charge is -2.12. The topological polar surface area (TPSA) is 44.8 Å². The summed E-state index contributed by atoms with van der Waals surface area (Å²) < 4.78 is 16.4. The number of benzene rings is 2. The molecule has 0 heterocycles. The van der Waals surface area contributed by atoms with Gasteiger partial charge < -0.3 is 14.2 Å². The van der Waals surface area contributed by atoms with E-state index in [-0.39, 0.29) is 5.97 Å². The van der Waals surface area contributed by atoms with E-state index in [0.29, 0.717) is 37.6 Å². The SMILES string of the molecule is CCOC(=O)CCCOc1ccccc1Oc1ccccc1. The van der Waals surface area contributed by atoms with Crippen LogP contribution in [0.5, 0.6) is 17.2 Å². The van der Waals surface area contributed by atoms with E-state index in [0.717, 1.165) is 5.75 Å². The molecule has 116 valence electrons. The molecule has 0 aliphatic heterocycles. The van der Waals surface area contributed by atoms with Crippen molar-refractivity contribution < 1.29 is 19.0 Å². The normalized spacial score (nSPS) is 10.0. The third-order valence-corrected chi connectivity index (χ3v) is 2.91. The molecule has 4 heteroatoms. The van der Waals surface area contributed by atoms with Crippen LogP contribution >= 0.6 is 0 Å². The predicted octanol–water partition coefficient (Wildman–Crippen LogP) is 4.20. The molecule has 2 aromatic carbocycles. The lowest BCUT2D eigenvalue weighted by Crippen LogP contribution is -2.07. The van der Waals surface area contributed by atoms with Crippen LogP contribution in [-0.2, 0) is 9.53 Å². The number of hydrogen-bond donors (Lipinski definition) is 0. The summed E-state index contributed by atoms with van der Waals surface area (Å²) in [6.45, 7) is 2.65. The Morgan fingerprint density at radius 3 is 2.36 bits per heavy atom. The van der Waals surface area contributed by atoms with Gasteiger partial charge in [-0.2, -0.15) is 0 Å². The summed E-state index contributed by atoms with van der Waals surface area (Å²) in [5, 5.41) is 0. The van der Waals surface area contributed by atoms with Crippen LogP contribution in [0, 0.1) is 0 Å². The zero-order chi connectivity index (χ0) is 15.6. The Bertz CT molecular complexity index is 581. The summed E-state index contributed by atoms with van der Waals surface area (Å²) in [6.07, 6.45) is 0.966. The average molecular weight is 300 g/mol. The van der Waals surface area contributed by atoms with Gasteiger partial charge in [-0.25, -0.2) is 0 Å². The first-order chi connectivity index (χ1) is 10.8. The summed E-state index contributed by atoms with van der Waals surface area (Å²) in [7, 11) is 0. The van der Waals surface area contributed by atoms with Crippen molar-refractivity contribution in [1.82, 2.24) is 0 Å². The first kappa shape index (κ1) is 15.9. The quantitative estimate of drug-likeness (QED) is 0.541. The second kappa shape index (κ2) is 8.72. The Hall–Kier alpha value is -2.49. The average Bonchev–Trinajstić information content (AvgIpc) is 2.54. The molecule has 0 bridgehead atoms. The van der Waals surface area contributed by atoms with Gasteiger partial charge in [0.2, 0.25) is 0 Å². The zero-order valence-electron chi connectivity index (χ0n) is 12.7. The molecule has 0 atom stereocenters. The van der Waals surface area contributed by atoms with Gasteiger partial charge in [0.05, 0.1) is 13.2 Å². The second-order valence-corrected chi connectivity index (χ2v) is 4.62. The van der Waals surface area contributed by atoms with Crippen molar-refractivity contribution in [1.29, 1.82) is 0 Å². The molecule has 0 saturated heterocycles. The molecule has 0 aliphatic rings. The number of rotatable bonds is 8. The molecule has 4 nitrogen and oxygen atoms in total. The Labute approximate surface area is 130 Å². The highest BCUT2D eigenvalue weighted by atomic mass is 16.5. The molecule has 0 unspecified atom stereocenters. The number of ether oxygens (including phenoxy) is 3. The maximum absolute atomic E-state index is 11.3. The minimum atomic E-state index is -0.195. The fourth-order valence-electron chi connectivity index (χ4n) is 1.90. The first-order valence-corrected chi connectivity index (χ1v) is 7.40. The third-order valence-electron chi connectivity index (χ3n) is 2.91. The number of carbonyl (C=O) groups excluding carboxylic acids is 1. The summed E-state index contributed by atoms with van der Waals surface area (Å²) >= 11 is 0. The van der Waals surface area contributed by atoms with E-state index < -0.39 is 0 Å². The van der Waals surface area contributed by atoms with E-state index in [9.17, 15) is 4.79 Å². The largest absolute Gasteiger partial charge is 0.490 e. The van der Waals surface area contributed by atoms with Crippen LogP contribution in [0.25, 0.3) is 0 Å². The molecule has 0 fully saturated rings. The standard InChI is InChI=1S/C18H20O4/c1-2-20-18(19)13-8-14-21-16-11-6-7-12-17(16)22-15-9-4-3-5-10-15/h3-7,9-12H,2,8,13-14H2,1H3. The fourth-order valence-corrected chi connectivity index (χ4v) is 1.90. The van der Waals surface area contributed by atoms with Gasteiger partial charge in [-0.3, -0.25) is 4.79 Å². The molecule has 0 amide bonds. The molecular weight excluding hydrogens is 280 g/mol. The fraction of sp³-hybridized carbons (Fsp3) is 0.278. The number of hydrogen-bond acceptors (Lipinski definition) is 4. The van der Waals surface area contributed by atoms with Crippen LogP contribution in [-0.4, -0.2) is 19.2 Å². The molecule has 2 rings (SSSR count). The van der Waals surface area contributed by atoms with Crippen molar-refractivity contribution in [3.63, 3.8) is 0 Å². The van der Waals surface area contributed by atoms with Gasteiger partial charge >= 0.3 is 5.97 Å². The summed E-state index contributed by atoms with van der Waals surface area (Å²) in [4.78, 5) is 11.3. The van der Waals surface area contributed by atoms with Crippen LogP contribution in [0.1, 0.15) is 19.8 Å². The van der Waals surface area contributed by atoms with Gasteiger partial charge in [0.15, 0.2) is 11.5 Å². The van der Waals surface area contributed by atoms with E-state index in [1.54, 1.807) is 6.92 Å². The highest BCUT2D eigenvalue weighted by Gasteiger charge is 2.06. The summed E-state index contributed by atoms with van der Waals surface area (Å²) in [6, 6.07) is 17.0. The van der Waals surface area contributed by atoms with Crippen LogP contribution in [0.2, 0.25) is 0 Å². The van der Waals surface area contributed by atoms with Gasteiger partial charge in [0, 0.05) is 6.42 Å². The second-order valence-electron chi connectivity index (χ2n) is 4.62. The van der Waals surface area contributed by atoms with Crippen LogP contribution in [0.3, 0.4) is 0 Å². The summed E-state index contributed by atoms with van der Waals surface area (Å²) in [5.74, 6) is 1.88. The molecular formula is C18H20O4. The van der Waals surface area contributed by atoms with Crippen molar-refractivity contribution >= 4 is 5.97 Å². The van der Waals surface area contributed by atoms with Gasteiger partial charge in [0.25, 0.3) is 0 Å². The monoisotopic (exact) mass is 300 g/mol. The van der Waals surface area contributed by atoms with Gasteiger partial charge in [-0.05, 0) is 37.6 Å². The smallest absolute Gasteiger partial charge is 0.305 e. The molecule has 0 radical (unpaired) electrons. The first-order valence-electron chi connectivity index (χ1n) is 7.40. The number of esters is 1. The Morgan fingerprint density at radius 2 is 1.64 bits per heavy atom. The lowest BCUT2D eigenvalue weighted by molar-refractivity contribution is -0.143. The highest BCUT2D eigenvalue weighted by Crippen LogP contribution is 2.31. The van der Waals surface area contributed by atoms with E-state index in [1.807, 2.05) is 54.6 Å². The molecule has 0 spiro atoms. The Morgan fingerprint density at radius 1 is 0.955 bits per heavy atom. The molecule has 0 aromatic heterocycles. The molecule has 2 aromatic rings. The minimum Gasteiger partial charge on any atom is -0.490 e. The van der Waals surface area contributed by atoms with Crippen molar-refractivity contribution in [2.24, 2.45) is 0 Å². The molecule has 0 aliphatic carbocycles. The number of para-hydroxylation sites is 3. The van der Waals surface area contributed by atoms with Crippen LogP contribution < -0.4 is 9.47 Å². The maximum atomic E-state index is 11.3. The lowest BCUT2D eigenvalue weighted by atomic mass is 10.3. The Kier molecular flexibility index (Phi) is 6.30. The minimum absolute atomic E-state index is 0.195. The summed E-state index contributed by atoms with van der Waals surface area (Å²) in [5.41, 5.74) is 0. The van der Waals surface area contributed by atoms with Crippen molar-refractivity contribution in [2.45, 2.75) is 19.8 Å². The van der Waals surface area contributed by atoms with E-state index >= 15 is 0 Å². The van der Waals surface area contributed by atoms with Gasteiger partial charge in [-0.15, -0.1) is 0 Å². The zero-order valence-corrected chi connectivity index (χ0v) is 12.7. The van der Waals surface area contributed by atoms with Gasteiger partial charge in [0.1, 0.15) is 5.75 Å². The number of carbonyl (C=O) groups is 1. The van der Waals surface area contributed by atoms with E-state index in [4.69, 9.17) is 14.2 Å². The van der Waals surface area contributed by atoms with E-state index in [1.165, 1.54) is 0 Å². The van der Waals surface area contributed by atoms with Crippen LogP contribution in [0.4, 0.5) is 0 Å². The van der Waals surface area contributed by atoms with Crippen molar-refractivity contribution in [3.05, 3.63) is 54.6 Å². The van der Waals surface area contributed by atoms with Gasteiger partial charge in [-0.1, -0.05) is 30.3 Å². The highest BCUT2D eigenvalue weighted by molar-refractivity contribution is 5.69. The maximum Gasteiger partial charge on any atom is 0.305 e. The van der Waals surface area contributed by atoms with Crippen LogP contribution in [0.15, 0.2) is 54.6 Å². The Balaban J connectivity index is 1.87. The molecule has 0 saturated carbocycles. The van der Waals surface area contributed by atoms with E-state index in [2.05, 4.69) is 0 Å². The molecule has 22 heavy (non-hydrogen) atoms. The predicted molar refractivity (Wildman–Crippen MR) is 84.3 cm³/mol. The van der Waals surface area contributed by atoms with Crippen molar-refractivity contribution in [2.75, 3.05) is 13.2 Å². The third kappa shape index (κ3) is 5.13. The van der Waals surface area contributed by atoms with Crippen molar-refractivity contribution in [3.8, 4) is 17.2 Å². The molecule has 0 N–H and O–H groups in total.